The zero-order chi connectivity index (χ0) is 19.7. The van der Waals surface area contributed by atoms with Crippen LogP contribution in [0, 0.1) is 11.6 Å². The molecule has 0 spiro atoms. The van der Waals surface area contributed by atoms with Crippen molar-refractivity contribution < 1.29 is 18.3 Å². The van der Waals surface area contributed by atoms with Crippen LogP contribution in [0.15, 0.2) is 30.3 Å². The Morgan fingerprint density at radius 1 is 1.29 bits per heavy atom. The first-order valence-corrected chi connectivity index (χ1v) is 9.47. The minimum atomic E-state index is -0.478. The van der Waals surface area contributed by atoms with Crippen LogP contribution in [0.1, 0.15) is 34.3 Å². The third-order valence-electron chi connectivity index (χ3n) is 5.48. The van der Waals surface area contributed by atoms with Gasteiger partial charge in [-0.05, 0) is 37.6 Å². The topological polar surface area (TPSA) is 53.6 Å². The van der Waals surface area contributed by atoms with Crippen LogP contribution < -0.4 is 15.4 Å². The van der Waals surface area contributed by atoms with E-state index in [0.717, 1.165) is 31.5 Å². The van der Waals surface area contributed by atoms with E-state index in [9.17, 15) is 13.6 Å². The Kier molecular flexibility index (Phi) is 5.17. The molecule has 7 heteroatoms. The van der Waals surface area contributed by atoms with Crippen LogP contribution in [-0.2, 0) is 13.1 Å². The third kappa shape index (κ3) is 3.54. The van der Waals surface area contributed by atoms with Crippen LogP contribution in [0.5, 0.6) is 5.75 Å². The van der Waals surface area contributed by atoms with Gasteiger partial charge in [0.05, 0.1) is 7.11 Å². The first-order chi connectivity index (χ1) is 13.6. The predicted octanol–water partition coefficient (Wildman–Crippen LogP) is 3.29. The molecule has 1 fully saturated rings. The van der Waals surface area contributed by atoms with Crippen molar-refractivity contribution in [3.8, 4) is 5.75 Å². The SMILES string of the molecule is COc1ccc(CNc2cc(F)cc3c2CN(C2CCCNC2)C3=O)c(F)c1. The molecule has 0 radical (unpaired) electrons. The molecule has 0 aromatic heterocycles. The number of halogens is 2. The molecule has 1 unspecified atom stereocenters. The lowest BCUT2D eigenvalue weighted by Crippen LogP contribution is -2.46. The van der Waals surface area contributed by atoms with Crippen molar-refractivity contribution in [2.45, 2.75) is 32.0 Å². The summed E-state index contributed by atoms with van der Waals surface area (Å²) in [5, 5.41) is 6.42. The highest BCUT2D eigenvalue weighted by molar-refractivity contribution is 6.00. The second kappa shape index (κ2) is 7.75. The first-order valence-electron chi connectivity index (χ1n) is 9.47. The molecule has 0 bridgehead atoms. The number of amides is 1. The molecule has 4 rings (SSSR count). The maximum atomic E-state index is 14.2. The monoisotopic (exact) mass is 387 g/mol. The lowest BCUT2D eigenvalue weighted by Gasteiger charge is -2.31. The number of hydrogen-bond donors (Lipinski definition) is 2. The summed E-state index contributed by atoms with van der Waals surface area (Å²) in [5.74, 6) is -0.573. The maximum Gasteiger partial charge on any atom is 0.254 e. The Bertz CT molecular complexity index is 897. The summed E-state index contributed by atoms with van der Waals surface area (Å²) >= 11 is 0. The Morgan fingerprint density at radius 2 is 2.14 bits per heavy atom. The highest BCUT2D eigenvalue weighted by Gasteiger charge is 2.35. The van der Waals surface area contributed by atoms with Gasteiger partial charge in [-0.3, -0.25) is 4.79 Å². The van der Waals surface area contributed by atoms with Crippen molar-refractivity contribution in [2.75, 3.05) is 25.5 Å². The van der Waals surface area contributed by atoms with Crippen LogP contribution in [0.25, 0.3) is 0 Å². The van der Waals surface area contributed by atoms with E-state index in [0.29, 0.717) is 29.1 Å². The summed E-state index contributed by atoms with van der Waals surface area (Å²) in [6.45, 7) is 2.33. The molecule has 5 nitrogen and oxygen atoms in total. The molecule has 2 aromatic carbocycles. The minimum Gasteiger partial charge on any atom is -0.497 e. The van der Waals surface area contributed by atoms with Gasteiger partial charge in [0.15, 0.2) is 0 Å². The largest absolute Gasteiger partial charge is 0.497 e. The van der Waals surface area contributed by atoms with E-state index >= 15 is 0 Å². The normalized spacial score (nSPS) is 18.9. The van der Waals surface area contributed by atoms with Gasteiger partial charge in [0.2, 0.25) is 0 Å². The molecule has 1 atom stereocenters. The standard InChI is InChI=1S/C21H23F2N3O2/c1-28-16-5-4-13(19(23)9-16)10-25-20-8-14(22)7-17-18(20)12-26(21(17)27)15-3-2-6-24-11-15/h4-5,7-9,15,24-25H,2-3,6,10-12H2,1H3. The molecule has 2 heterocycles. The van der Waals surface area contributed by atoms with Crippen molar-refractivity contribution >= 4 is 11.6 Å². The average Bonchev–Trinajstić information content (AvgIpc) is 3.04. The number of nitrogens with one attached hydrogen (secondary N) is 2. The van der Waals surface area contributed by atoms with E-state index in [1.54, 1.807) is 12.1 Å². The van der Waals surface area contributed by atoms with Gasteiger partial charge in [0.25, 0.3) is 5.91 Å². The molecule has 2 aromatic rings. The Morgan fingerprint density at radius 3 is 2.86 bits per heavy atom. The molecule has 2 aliphatic rings. The molecule has 1 saturated heterocycles. The maximum absolute atomic E-state index is 14.2. The summed E-state index contributed by atoms with van der Waals surface area (Å²) in [4.78, 5) is 14.6. The van der Waals surface area contributed by atoms with Crippen molar-refractivity contribution in [1.29, 1.82) is 0 Å². The number of carbonyl (C=O) groups is 1. The smallest absolute Gasteiger partial charge is 0.254 e. The minimum absolute atomic E-state index is 0.114. The molecule has 2 aliphatic heterocycles. The highest BCUT2D eigenvalue weighted by Crippen LogP contribution is 2.33. The Balaban J connectivity index is 1.55. The predicted molar refractivity (Wildman–Crippen MR) is 102 cm³/mol. The van der Waals surface area contributed by atoms with Crippen molar-refractivity contribution in [3.63, 3.8) is 0 Å². The molecule has 28 heavy (non-hydrogen) atoms. The highest BCUT2D eigenvalue weighted by atomic mass is 19.1. The van der Waals surface area contributed by atoms with E-state index in [-0.39, 0.29) is 18.5 Å². The lowest BCUT2D eigenvalue weighted by molar-refractivity contribution is 0.0674. The van der Waals surface area contributed by atoms with Gasteiger partial charge in [-0.15, -0.1) is 0 Å². The van der Waals surface area contributed by atoms with E-state index in [2.05, 4.69) is 10.6 Å². The number of benzene rings is 2. The summed E-state index contributed by atoms with van der Waals surface area (Å²) in [7, 11) is 1.48. The molecule has 1 amide bonds. The fourth-order valence-corrected chi connectivity index (χ4v) is 3.94. The number of hydrogen-bond acceptors (Lipinski definition) is 4. The summed E-state index contributed by atoms with van der Waals surface area (Å²) in [6.07, 6.45) is 1.95. The Hall–Kier alpha value is -2.67. The summed E-state index contributed by atoms with van der Waals surface area (Å²) in [6, 6.07) is 7.41. The molecule has 148 valence electrons. The number of piperidine rings is 1. The molecular weight excluding hydrogens is 364 g/mol. The van der Waals surface area contributed by atoms with Crippen LogP contribution in [-0.4, -0.2) is 37.0 Å². The second-order valence-electron chi connectivity index (χ2n) is 7.22. The van der Waals surface area contributed by atoms with Gasteiger partial charge in [-0.25, -0.2) is 8.78 Å². The van der Waals surface area contributed by atoms with Crippen molar-refractivity contribution in [1.82, 2.24) is 10.2 Å². The zero-order valence-electron chi connectivity index (χ0n) is 15.7. The third-order valence-corrected chi connectivity index (χ3v) is 5.48. The number of fused-ring (bicyclic) bond motifs is 1. The number of rotatable bonds is 5. The quantitative estimate of drug-likeness (QED) is 0.827. The van der Waals surface area contributed by atoms with Crippen LogP contribution in [0.4, 0.5) is 14.5 Å². The van der Waals surface area contributed by atoms with E-state index in [1.807, 2.05) is 4.90 Å². The van der Waals surface area contributed by atoms with Crippen molar-refractivity contribution in [2.24, 2.45) is 0 Å². The summed E-state index contributed by atoms with van der Waals surface area (Å²) in [5.41, 5.74) is 2.13. The fourth-order valence-electron chi connectivity index (χ4n) is 3.94. The first kappa shape index (κ1) is 18.7. The number of methoxy groups -OCH3 is 1. The van der Waals surface area contributed by atoms with E-state index in [1.165, 1.54) is 25.3 Å². The number of nitrogens with zero attached hydrogens (tertiary/aromatic N) is 1. The lowest BCUT2D eigenvalue weighted by atomic mass is 10.1. The molecule has 0 saturated carbocycles. The Labute approximate surface area is 162 Å². The molecule has 0 aliphatic carbocycles. The van der Waals surface area contributed by atoms with Gasteiger partial charge in [-0.2, -0.15) is 0 Å². The molecule has 2 N–H and O–H groups in total. The summed E-state index contributed by atoms with van der Waals surface area (Å²) < 4.78 is 33.4. The molecular formula is C21H23F2N3O2. The number of ether oxygens (including phenoxy) is 1. The van der Waals surface area contributed by atoms with Crippen LogP contribution in [0.3, 0.4) is 0 Å². The second-order valence-corrected chi connectivity index (χ2v) is 7.22. The fraction of sp³-hybridized carbons (Fsp3) is 0.381. The van der Waals surface area contributed by atoms with Gasteiger partial charge in [0.1, 0.15) is 17.4 Å². The van der Waals surface area contributed by atoms with Crippen LogP contribution in [0.2, 0.25) is 0 Å². The average molecular weight is 387 g/mol. The number of anilines is 1. The van der Waals surface area contributed by atoms with E-state index < -0.39 is 11.6 Å². The van der Waals surface area contributed by atoms with Gasteiger partial charge in [-0.1, -0.05) is 6.07 Å². The van der Waals surface area contributed by atoms with E-state index in [4.69, 9.17) is 4.74 Å². The van der Waals surface area contributed by atoms with Gasteiger partial charge < -0.3 is 20.3 Å². The zero-order valence-corrected chi connectivity index (χ0v) is 15.7. The van der Waals surface area contributed by atoms with Gasteiger partial charge in [0, 0.05) is 54.1 Å². The van der Waals surface area contributed by atoms with Crippen molar-refractivity contribution in [3.05, 3.63) is 58.7 Å². The van der Waals surface area contributed by atoms with Crippen LogP contribution >= 0.6 is 0 Å². The van der Waals surface area contributed by atoms with Gasteiger partial charge >= 0.3 is 0 Å². The number of carbonyl (C=O) groups excluding carboxylic acids is 1.